The van der Waals surface area contributed by atoms with Crippen LogP contribution in [0.2, 0.25) is 0 Å². The fraction of sp³-hybridized carbons (Fsp3) is 0.750. The standard InChI is InChI=1S/C8H12ClNO3/c9-3-1-2-4-10-7(11)5-13-6-8(10)12/h1-6H2. The Morgan fingerprint density at radius 2 is 1.85 bits per heavy atom. The molecule has 0 aliphatic carbocycles. The summed E-state index contributed by atoms with van der Waals surface area (Å²) in [6.45, 7) is 0.507. The van der Waals surface area contributed by atoms with Crippen molar-refractivity contribution >= 4 is 23.4 Å². The monoisotopic (exact) mass is 205 g/mol. The molecule has 0 radical (unpaired) electrons. The molecule has 0 bridgehead atoms. The summed E-state index contributed by atoms with van der Waals surface area (Å²) < 4.78 is 4.76. The first-order valence-corrected chi connectivity index (χ1v) is 4.76. The van der Waals surface area contributed by atoms with E-state index in [9.17, 15) is 9.59 Å². The van der Waals surface area contributed by atoms with Gasteiger partial charge in [0.1, 0.15) is 13.2 Å². The van der Waals surface area contributed by atoms with E-state index in [1.165, 1.54) is 4.90 Å². The lowest BCUT2D eigenvalue weighted by atomic mass is 10.3. The fourth-order valence-electron chi connectivity index (χ4n) is 1.13. The Balaban J connectivity index is 2.35. The lowest BCUT2D eigenvalue weighted by molar-refractivity contribution is -0.158. The molecule has 2 amide bonds. The third-order valence-corrected chi connectivity index (χ3v) is 2.09. The van der Waals surface area contributed by atoms with Crippen molar-refractivity contribution in [2.75, 3.05) is 25.6 Å². The summed E-state index contributed by atoms with van der Waals surface area (Å²) in [4.78, 5) is 23.5. The number of morpholine rings is 1. The highest BCUT2D eigenvalue weighted by atomic mass is 35.5. The van der Waals surface area contributed by atoms with Gasteiger partial charge in [-0.3, -0.25) is 14.5 Å². The number of imide groups is 1. The zero-order valence-corrected chi connectivity index (χ0v) is 8.05. The zero-order valence-electron chi connectivity index (χ0n) is 7.29. The lowest BCUT2D eigenvalue weighted by Gasteiger charge is -2.24. The van der Waals surface area contributed by atoms with E-state index in [4.69, 9.17) is 16.3 Å². The minimum atomic E-state index is -0.245. The van der Waals surface area contributed by atoms with Gasteiger partial charge in [-0.25, -0.2) is 0 Å². The molecule has 0 aromatic carbocycles. The van der Waals surface area contributed by atoms with Gasteiger partial charge in [0.15, 0.2) is 0 Å². The molecule has 13 heavy (non-hydrogen) atoms. The number of rotatable bonds is 4. The van der Waals surface area contributed by atoms with E-state index in [1.807, 2.05) is 0 Å². The minimum Gasteiger partial charge on any atom is -0.362 e. The molecule has 0 aromatic heterocycles. The Kier molecular flexibility index (Phi) is 4.18. The maximum Gasteiger partial charge on any atom is 0.255 e. The second kappa shape index (κ2) is 5.19. The summed E-state index contributed by atoms with van der Waals surface area (Å²) in [5, 5.41) is 0. The first-order chi connectivity index (χ1) is 6.25. The number of amides is 2. The number of unbranched alkanes of at least 4 members (excludes halogenated alkanes) is 1. The molecular formula is C8H12ClNO3. The van der Waals surface area contributed by atoms with Crippen LogP contribution in [0.25, 0.3) is 0 Å². The van der Waals surface area contributed by atoms with Gasteiger partial charge in [0.25, 0.3) is 11.8 Å². The summed E-state index contributed by atoms with van der Waals surface area (Å²) in [5.41, 5.74) is 0. The fourth-order valence-corrected chi connectivity index (χ4v) is 1.32. The molecule has 0 unspecified atom stereocenters. The smallest absolute Gasteiger partial charge is 0.255 e. The zero-order chi connectivity index (χ0) is 9.68. The average Bonchev–Trinajstić information content (AvgIpc) is 2.10. The van der Waals surface area contributed by atoms with Gasteiger partial charge in [-0.2, -0.15) is 0 Å². The molecule has 0 aromatic rings. The largest absolute Gasteiger partial charge is 0.362 e. The molecule has 1 heterocycles. The van der Waals surface area contributed by atoms with E-state index in [-0.39, 0.29) is 25.0 Å². The molecule has 5 heteroatoms. The minimum absolute atomic E-state index is 0.0205. The van der Waals surface area contributed by atoms with E-state index in [2.05, 4.69) is 0 Å². The Labute approximate surface area is 81.8 Å². The third kappa shape index (κ3) is 2.97. The number of alkyl halides is 1. The molecule has 0 N–H and O–H groups in total. The molecule has 1 aliphatic rings. The van der Waals surface area contributed by atoms with Gasteiger partial charge in [0, 0.05) is 12.4 Å². The second-order valence-electron chi connectivity index (χ2n) is 2.83. The van der Waals surface area contributed by atoms with Crippen molar-refractivity contribution in [2.24, 2.45) is 0 Å². The topological polar surface area (TPSA) is 46.6 Å². The van der Waals surface area contributed by atoms with Crippen molar-refractivity contribution in [3.8, 4) is 0 Å². The van der Waals surface area contributed by atoms with Crippen LogP contribution in [0.15, 0.2) is 0 Å². The van der Waals surface area contributed by atoms with Crippen LogP contribution in [0, 0.1) is 0 Å². The summed E-state index contributed by atoms with van der Waals surface area (Å²) in [6.07, 6.45) is 1.58. The van der Waals surface area contributed by atoms with Crippen molar-refractivity contribution in [3.63, 3.8) is 0 Å². The number of carbonyl (C=O) groups is 2. The molecule has 1 rings (SSSR count). The first-order valence-electron chi connectivity index (χ1n) is 4.22. The maximum atomic E-state index is 11.1. The number of hydrogen-bond acceptors (Lipinski definition) is 3. The number of nitrogens with zero attached hydrogens (tertiary/aromatic N) is 1. The van der Waals surface area contributed by atoms with Gasteiger partial charge in [-0.15, -0.1) is 11.6 Å². The molecule has 0 atom stereocenters. The first kappa shape index (κ1) is 10.5. The number of carbonyl (C=O) groups excluding carboxylic acids is 2. The van der Waals surface area contributed by atoms with E-state index >= 15 is 0 Å². The molecule has 1 fully saturated rings. The number of halogens is 1. The van der Waals surface area contributed by atoms with Crippen LogP contribution < -0.4 is 0 Å². The van der Waals surface area contributed by atoms with Crippen molar-refractivity contribution < 1.29 is 14.3 Å². The third-order valence-electron chi connectivity index (χ3n) is 1.82. The SMILES string of the molecule is O=C1COCC(=O)N1CCCCCl. The van der Waals surface area contributed by atoms with E-state index in [1.54, 1.807) is 0 Å². The second-order valence-corrected chi connectivity index (χ2v) is 3.21. The van der Waals surface area contributed by atoms with Crippen molar-refractivity contribution in [1.82, 2.24) is 4.90 Å². The molecule has 1 saturated heterocycles. The normalized spacial score (nSPS) is 18.1. The summed E-state index contributed by atoms with van der Waals surface area (Å²) >= 11 is 5.48. The van der Waals surface area contributed by atoms with Gasteiger partial charge in [0.05, 0.1) is 0 Å². The lowest BCUT2D eigenvalue weighted by Crippen LogP contribution is -2.46. The molecule has 4 nitrogen and oxygen atoms in total. The molecule has 0 saturated carbocycles. The van der Waals surface area contributed by atoms with E-state index in [0.717, 1.165) is 12.8 Å². The highest BCUT2D eigenvalue weighted by Crippen LogP contribution is 2.03. The molecular weight excluding hydrogens is 194 g/mol. The Hall–Kier alpha value is -0.610. The van der Waals surface area contributed by atoms with Crippen LogP contribution in [0.3, 0.4) is 0 Å². The summed E-state index contributed by atoms with van der Waals surface area (Å²) in [7, 11) is 0. The highest BCUT2D eigenvalue weighted by Gasteiger charge is 2.25. The molecule has 1 aliphatic heterocycles. The number of ether oxygens (including phenoxy) is 1. The van der Waals surface area contributed by atoms with Gasteiger partial charge in [-0.05, 0) is 12.8 Å². The van der Waals surface area contributed by atoms with Crippen molar-refractivity contribution in [2.45, 2.75) is 12.8 Å². The maximum absolute atomic E-state index is 11.1. The van der Waals surface area contributed by atoms with Crippen LogP contribution in [-0.4, -0.2) is 42.4 Å². The molecule has 74 valence electrons. The van der Waals surface area contributed by atoms with E-state index < -0.39 is 0 Å². The predicted molar refractivity (Wildman–Crippen MR) is 47.5 cm³/mol. The van der Waals surface area contributed by atoms with Crippen LogP contribution in [0.4, 0.5) is 0 Å². The van der Waals surface area contributed by atoms with Crippen LogP contribution >= 0.6 is 11.6 Å². The number of hydrogen-bond donors (Lipinski definition) is 0. The van der Waals surface area contributed by atoms with Crippen molar-refractivity contribution in [3.05, 3.63) is 0 Å². The predicted octanol–water partition coefficient (Wildman–Crippen LogP) is 0.391. The molecule has 0 spiro atoms. The van der Waals surface area contributed by atoms with Crippen LogP contribution in [0.1, 0.15) is 12.8 Å². The quantitative estimate of drug-likeness (QED) is 0.379. The van der Waals surface area contributed by atoms with Crippen LogP contribution in [-0.2, 0) is 14.3 Å². The summed E-state index contributed by atoms with van der Waals surface area (Å²) in [6, 6.07) is 0. The highest BCUT2D eigenvalue weighted by molar-refractivity contribution is 6.17. The Morgan fingerprint density at radius 3 is 2.38 bits per heavy atom. The van der Waals surface area contributed by atoms with Crippen molar-refractivity contribution in [1.29, 1.82) is 0 Å². The van der Waals surface area contributed by atoms with Gasteiger partial charge < -0.3 is 4.74 Å². The van der Waals surface area contributed by atoms with Gasteiger partial charge in [0.2, 0.25) is 0 Å². The van der Waals surface area contributed by atoms with Gasteiger partial charge >= 0.3 is 0 Å². The van der Waals surface area contributed by atoms with Gasteiger partial charge in [-0.1, -0.05) is 0 Å². The van der Waals surface area contributed by atoms with E-state index in [0.29, 0.717) is 12.4 Å². The average molecular weight is 206 g/mol. The Morgan fingerprint density at radius 1 is 1.23 bits per heavy atom. The summed E-state index contributed by atoms with van der Waals surface area (Å²) in [5.74, 6) is 0.0730. The van der Waals surface area contributed by atoms with Crippen LogP contribution in [0.5, 0.6) is 0 Å². The Bertz CT molecular complexity index is 192.